The highest BCUT2D eigenvalue weighted by Gasteiger charge is 2.30. The molecule has 1 aromatic rings. The summed E-state index contributed by atoms with van der Waals surface area (Å²) in [6.07, 6.45) is 0.482. The molecule has 0 spiro atoms. The van der Waals surface area contributed by atoms with E-state index in [1.165, 1.54) is 0 Å². The number of nitrogens with two attached hydrogens (primary N) is 1. The lowest BCUT2D eigenvalue weighted by Crippen LogP contribution is -2.49. The molecule has 1 aromatic carbocycles. The summed E-state index contributed by atoms with van der Waals surface area (Å²) in [5, 5.41) is 5.19. The van der Waals surface area contributed by atoms with Gasteiger partial charge in [-0.25, -0.2) is 4.79 Å². The van der Waals surface area contributed by atoms with Gasteiger partial charge < -0.3 is 16.4 Å². The standard InChI is InChI=1S/C15H20N4O3/c1-15(16,11-6-3-2-4-7-11)13(21)17-8-5-9-19-12(20)10-18-14(19)22/h2-4,6-7H,5,8-10,16H2,1H3,(H,17,21)(H,18,22). The molecule has 4 N–H and O–H groups in total. The van der Waals surface area contributed by atoms with E-state index in [2.05, 4.69) is 10.6 Å². The zero-order valence-electron chi connectivity index (χ0n) is 12.5. The summed E-state index contributed by atoms with van der Waals surface area (Å²) in [4.78, 5) is 36.1. The molecule has 0 aliphatic carbocycles. The number of imide groups is 1. The normalized spacial score (nSPS) is 17.1. The van der Waals surface area contributed by atoms with Crippen LogP contribution in [0.3, 0.4) is 0 Å². The first-order chi connectivity index (χ1) is 10.4. The molecule has 118 valence electrons. The molecule has 0 bridgehead atoms. The molecule has 0 radical (unpaired) electrons. The number of benzene rings is 1. The van der Waals surface area contributed by atoms with Crippen molar-refractivity contribution in [3.8, 4) is 0 Å². The summed E-state index contributed by atoms with van der Waals surface area (Å²) >= 11 is 0. The Labute approximate surface area is 128 Å². The molecular formula is C15H20N4O3. The fourth-order valence-electron chi connectivity index (χ4n) is 2.22. The van der Waals surface area contributed by atoms with Crippen LogP contribution in [0.2, 0.25) is 0 Å². The average molecular weight is 304 g/mol. The highest BCUT2D eigenvalue weighted by molar-refractivity contribution is 6.01. The first kappa shape index (κ1) is 16.0. The van der Waals surface area contributed by atoms with Crippen molar-refractivity contribution in [3.63, 3.8) is 0 Å². The maximum atomic E-state index is 12.2. The number of urea groups is 1. The fraction of sp³-hybridized carbons (Fsp3) is 0.400. The Morgan fingerprint density at radius 2 is 2.05 bits per heavy atom. The van der Waals surface area contributed by atoms with E-state index < -0.39 is 5.54 Å². The predicted octanol–water partition coefficient (Wildman–Crippen LogP) is -0.0814. The minimum Gasteiger partial charge on any atom is -0.354 e. The molecule has 7 nitrogen and oxygen atoms in total. The third-order valence-electron chi connectivity index (χ3n) is 3.63. The van der Waals surface area contributed by atoms with Crippen molar-refractivity contribution in [2.75, 3.05) is 19.6 Å². The van der Waals surface area contributed by atoms with Crippen LogP contribution in [0.15, 0.2) is 30.3 Å². The van der Waals surface area contributed by atoms with Gasteiger partial charge in [-0.05, 0) is 18.9 Å². The molecule has 1 heterocycles. The quantitative estimate of drug-likeness (QED) is 0.505. The van der Waals surface area contributed by atoms with Crippen LogP contribution in [-0.4, -0.2) is 42.4 Å². The van der Waals surface area contributed by atoms with Crippen molar-refractivity contribution in [3.05, 3.63) is 35.9 Å². The van der Waals surface area contributed by atoms with Gasteiger partial charge in [-0.1, -0.05) is 30.3 Å². The monoisotopic (exact) mass is 304 g/mol. The summed E-state index contributed by atoms with van der Waals surface area (Å²) in [5.41, 5.74) is 5.69. The number of amides is 4. The molecule has 0 aromatic heterocycles. The van der Waals surface area contributed by atoms with Gasteiger partial charge in [0.25, 0.3) is 0 Å². The lowest BCUT2D eigenvalue weighted by atomic mass is 9.92. The number of carbonyl (C=O) groups excluding carboxylic acids is 3. The number of hydrogen-bond donors (Lipinski definition) is 3. The zero-order chi connectivity index (χ0) is 16.2. The van der Waals surface area contributed by atoms with Gasteiger partial charge in [0.05, 0.1) is 6.54 Å². The Morgan fingerprint density at radius 3 is 2.64 bits per heavy atom. The van der Waals surface area contributed by atoms with Gasteiger partial charge in [0, 0.05) is 13.1 Å². The Bertz CT molecular complexity index is 555. The smallest absolute Gasteiger partial charge is 0.324 e. The van der Waals surface area contributed by atoms with Crippen LogP contribution in [-0.2, 0) is 15.1 Å². The number of carbonyl (C=O) groups is 3. The van der Waals surface area contributed by atoms with E-state index in [4.69, 9.17) is 5.73 Å². The van der Waals surface area contributed by atoms with Crippen LogP contribution in [0.4, 0.5) is 4.79 Å². The molecule has 0 saturated carbocycles. The van der Waals surface area contributed by atoms with Gasteiger partial charge in [-0.15, -0.1) is 0 Å². The van der Waals surface area contributed by atoms with Gasteiger partial charge >= 0.3 is 6.03 Å². The molecule has 1 unspecified atom stereocenters. The van der Waals surface area contributed by atoms with Crippen molar-refractivity contribution in [1.82, 2.24) is 15.5 Å². The van der Waals surface area contributed by atoms with E-state index in [1.54, 1.807) is 19.1 Å². The summed E-state index contributed by atoms with van der Waals surface area (Å²) in [6, 6.07) is 8.72. The van der Waals surface area contributed by atoms with Gasteiger partial charge in [0.2, 0.25) is 11.8 Å². The van der Waals surface area contributed by atoms with Crippen LogP contribution in [0.5, 0.6) is 0 Å². The first-order valence-corrected chi connectivity index (χ1v) is 7.14. The SMILES string of the molecule is CC(N)(C(=O)NCCCN1C(=O)CNC1=O)c1ccccc1. The second kappa shape index (κ2) is 6.57. The van der Waals surface area contributed by atoms with E-state index in [1.807, 2.05) is 18.2 Å². The molecule has 1 saturated heterocycles. The van der Waals surface area contributed by atoms with Crippen molar-refractivity contribution in [2.45, 2.75) is 18.9 Å². The lowest BCUT2D eigenvalue weighted by Gasteiger charge is -2.24. The molecule has 1 aliphatic rings. The number of nitrogens with one attached hydrogen (secondary N) is 2. The van der Waals surface area contributed by atoms with Crippen molar-refractivity contribution in [1.29, 1.82) is 0 Å². The Kier molecular flexibility index (Phi) is 4.77. The molecule has 1 fully saturated rings. The molecular weight excluding hydrogens is 284 g/mol. The van der Waals surface area contributed by atoms with Crippen molar-refractivity contribution >= 4 is 17.8 Å². The molecule has 2 rings (SSSR count). The molecule has 22 heavy (non-hydrogen) atoms. The zero-order valence-corrected chi connectivity index (χ0v) is 12.5. The first-order valence-electron chi connectivity index (χ1n) is 7.14. The summed E-state index contributed by atoms with van der Waals surface area (Å²) in [6.45, 7) is 2.31. The van der Waals surface area contributed by atoms with Crippen LogP contribution in [0.25, 0.3) is 0 Å². The van der Waals surface area contributed by atoms with E-state index in [0.29, 0.717) is 13.0 Å². The minimum absolute atomic E-state index is 0.0417. The van der Waals surface area contributed by atoms with Gasteiger partial charge in [-0.2, -0.15) is 0 Å². The summed E-state index contributed by atoms with van der Waals surface area (Å²) < 4.78 is 0. The Hall–Kier alpha value is -2.41. The number of rotatable bonds is 6. The van der Waals surface area contributed by atoms with Crippen molar-refractivity contribution < 1.29 is 14.4 Å². The van der Waals surface area contributed by atoms with Gasteiger partial charge in [0.1, 0.15) is 5.54 Å². The Morgan fingerprint density at radius 1 is 1.36 bits per heavy atom. The number of nitrogens with zero attached hydrogens (tertiary/aromatic N) is 1. The third kappa shape index (κ3) is 3.43. The van der Waals surface area contributed by atoms with Crippen LogP contribution < -0.4 is 16.4 Å². The highest BCUT2D eigenvalue weighted by atomic mass is 16.2. The van der Waals surface area contributed by atoms with E-state index in [0.717, 1.165) is 10.5 Å². The highest BCUT2D eigenvalue weighted by Crippen LogP contribution is 2.17. The van der Waals surface area contributed by atoms with E-state index in [-0.39, 0.29) is 30.9 Å². The van der Waals surface area contributed by atoms with Crippen LogP contribution >= 0.6 is 0 Å². The average Bonchev–Trinajstić information content (AvgIpc) is 2.83. The predicted molar refractivity (Wildman–Crippen MR) is 80.7 cm³/mol. The third-order valence-corrected chi connectivity index (χ3v) is 3.63. The second-order valence-corrected chi connectivity index (χ2v) is 5.38. The minimum atomic E-state index is -1.12. The van der Waals surface area contributed by atoms with Gasteiger partial charge in [0.15, 0.2) is 0 Å². The number of hydrogen-bond acceptors (Lipinski definition) is 4. The molecule has 1 atom stereocenters. The fourth-order valence-corrected chi connectivity index (χ4v) is 2.22. The summed E-state index contributed by atoms with van der Waals surface area (Å²) in [7, 11) is 0. The van der Waals surface area contributed by atoms with Crippen LogP contribution in [0.1, 0.15) is 18.9 Å². The Balaban J connectivity index is 1.80. The maximum Gasteiger partial charge on any atom is 0.324 e. The topological polar surface area (TPSA) is 105 Å². The maximum absolute atomic E-state index is 12.2. The van der Waals surface area contributed by atoms with Crippen LogP contribution in [0, 0.1) is 0 Å². The molecule has 7 heteroatoms. The van der Waals surface area contributed by atoms with E-state index >= 15 is 0 Å². The van der Waals surface area contributed by atoms with E-state index in [9.17, 15) is 14.4 Å². The molecule has 4 amide bonds. The second-order valence-electron chi connectivity index (χ2n) is 5.38. The lowest BCUT2D eigenvalue weighted by molar-refractivity contribution is -0.126. The largest absolute Gasteiger partial charge is 0.354 e. The molecule has 1 aliphatic heterocycles. The van der Waals surface area contributed by atoms with Gasteiger partial charge in [-0.3, -0.25) is 14.5 Å². The summed E-state index contributed by atoms with van der Waals surface area (Å²) in [5.74, 6) is -0.542. The van der Waals surface area contributed by atoms with Crippen molar-refractivity contribution in [2.24, 2.45) is 5.73 Å².